The normalized spacial score (nSPS) is 14.8. The molecule has 0 saturated heterocycles. The van der Waals surface area contributed by atoms with Gasteiger partial charge >= 0.3 is 5.97 Å². The number of aliphatic hydroxyl groups excluding tert-OH is 1. The molecule has 13 heteroatoms. The van der Waals surface area contributed by atoms with Gasteiger partial charge < -0.3 is 41.9 Å². The molecule has 0 bridgehead atoms. The lowest BCUT2D eigenvalue weighted by Crippen LogP contribution is -2.60. The molecular weight excluding hydrogens is 584 g/mol. The molecule has 12 nitrogen and oxygen atoms in total. The van der Waals surface area contributed by atoms with Crippen LogP contribution in [0, 0.1) is 0 Å². The molecule has 0 aliphatic rings. The van der Waals surface area contributed by atoms with E-state index >= 15 is 0 Å². The number of nitrogens with one attached hydrogen (secondary N) is 5. The number of carbonyl (C=O) groups excluding carboxylic acids is 3. The predicted molar refractivity (Wildman–Crippen MR) is 170 cm³/mol. The van der Waals surface area contributed by atoms with E-state index in [1.165, 1.54) is 6.92 Å². The Kier molecular flexibility index (Phi) is 11.0. The van der Waals surface area contributed by atoms with E-state index in [0.717, 1.165) is 27.4 Å². The SMILES string of the molecule is CSCCC(N)C(=O)NC(Cc1c[nH]c2ccccc12)C(=O)NC(C(=O)NC(Cc1c[nH]c2ccccc12)C(=O)O)C(C)O. The molecule has 2 heterocycles. The minimum Gasteiger partial charge on any atom is -0.480 e. The molecule has 0 aliphatic carbocycles. The summed E-state index contributed by atoms with van der Waals surface area (Å²) in [5.41, 5.74) is 9.17. The van der Waals surface area contributed by atoms with Gasteiger partial charge in [-0.1, -0.05) is 36.4 Å². The molecule has 0 spiro atoms. The van der Waals surface area contributed by atoms with Crippen LogP contribution < -0.4 is 21.7 Å². The third-order valence-corrected chi connectivity index (χ3v) is 8.12. The first-order chi connectivity index (χ1) is 21.1. The van der Waals surface area contributed by atoms with Crippen LogP contribution in [0.25, 0.3) is 21.8 Å². The molecule has 3 amide bonds. The van der Waals surface area contributed by atoms with E-state index in [0.29, 0.717) is 17.7 Å². The van der Waals surface area contributed by atoms with Gasteiger partial charge in [-0.25, -0.2) is 4.79 Å². The Morgan fingerprint density at radius 3 is 1.86 bits per heavy atom. The summed E-state index contributed by atoms with van der Waals surface area (Å²) in [5.74, 6) is -2.76. The Bertz CT molecular complexity index is 1620. The number of benzene rings is 2. The highest BCUT2D eigenvalue weighted by atomic mass is 32.2. The zero-order valence-corrected chi connectivity index (χ0v) is 25.3. The number of carboxylic acid groups (broad SMARTS) is 1. The quantitative estimate of drug-likeness (QED) is 0.0972. The van der Waals surface area contributed by atoms with Crippen molar-refractivity contribution in [1.29, 1.82) is 0 Å². The van der Waals surface area contributed by atoms with Crippen LogP contribution in [0.5, 0.6) is 0 Å². The molecule has 44 heavy (non-hydrogen) atoms. The van der Waals surface area contributed by atoms with Crippen LogP contribution in [0.3, 0.4) is 0 Å². The molecular formula is C31H38N6O6S. The van der Waals surface area contributed by atoms with E-state index in [-0.39, 0.29) is 12.8 Å². The molecule has 4 rings (SSSR count). The summed E-state index contributed by atoms with van der Waals surface area (Å²) in [7, 11) is 0. The smallest absolute Gasteiger partial charge is 0.326 e. The number of hydrogen-bond acceptors (Lipinski definition) is 7. The number of aromatic nitrogens is 2. The lowest BCUT2D eigenvalue weighted by molar-refractivity contribution is -0.143. The van der Waals surface area contributed by atoms with Crippen molar-refractivity contribution in [3.8, 4) is 0 Å². The number of para-hydroxylation sites is 2. The molecule has 0 fully saturated rings. The molecule has 0 aliphatic heterocycles. The fourth-order valence-electron chi connectivity index (χ4n) is 5.03. The summed E-state index contributed by atoms with van der Waals surface area (Å²) in [6, 6.07) is 10.0. The molecule has 2 aromatic heterocycles. The highest BCUT2D eigenvalue weighted by Crippen LogP contribution is 2.21. The summed E-state index contributed by atoms with van der Waals surface area (Å²) in [6.07, 6.45) is 4.39. The minimum absolute atomic E-state index is 0.0290. The van der Waals surface area contributed by atoms with Crippen molar-refractivity contribution in [2.45, 2.75) is 56.5 Å². The van der Waals surface area contributed by atoms with Crippen molar-refractivity contribution in [2.24, 2.45) is 5.73 Å². The predicted octanol–water partition coefficient (Wildman–Crippen LogP) is 1.43. The maximum Gasteiger partial charge on any atom is 0.326 e. The van der Waals surface area contributed by atoms with Gasteiger partial charge in [0.1, 0.15) is 18.1 Å². The van der Waals surface area contributed by atoms with Crippen molar-refractivity contribution >= 4 is 57.3 Å². The third kappa shape index (κ3) is 7.98. The van der Waals surface area contributed by atoms with Crippen LogP contribution in [0.15, 0.2) is 60.9 Å². The first-order valence-electron chi connectivity index (χ1n) is 14.3. The second-order valence-corrected chi connectivity index (χ2v) is 11.7. The van der Waals surface area contributed by atoms with Crippen LogP contribution in [-0.2, 0) is 32.0 Å². The van der Waals surface area contributed by atoms with Crippen LogP contribution in [0.4, 0.5) is 0 Å². The number of fused-ring (bicyclic) bond motifs is 2. The molecule has 5 atom stereocenters. The number of aromatic amines is 2. The van der Waals surface area contributed by atoms with E-state index in [2.05, 4.69) is 25.9 Å². The Morgan fingerprint density at radius 1 is 0.818 bits per heavy atom. The van der Waals surface area contributed by atoms with Crippen LogP contribution in [0.2, 0.25) is 0 Å². The summed E-state index contributed by atoms with van der Waals surface area (Å²) in [4.78, 5) is 58.2. The van der Waals surface area contributed by atoms with Gasteiger partial charge in [-0.05, 0) is 48.6 Å². The number of hydrogen-bond donors (Lipinski definition) is 8. The van der Waals surface area contributed by atoms with E-state index in [1.807, 2.05) is 54.8 Å². The van der Waals surface area contributed by atoms with Gasteiger partial charge in [-0.2, -0.15) is 11.8 Å². The van der Waals surface area contributed by atoms with Gasteiger partial charge in [0.2, 0.25) is 17.7 Å². The highest BCUT2D eigenvalue weighted by Gasteiger charge is 2.33. The second-order valence-electron chi connectivity index (χ2n) is 10.7. The number of carbonyl (C=O) groups is 4. The van der Waals surface area contributed by atoms with Crippen LogP contribution >= 0.6 is 11.8 Å². The van der Waals surface area contributed by atoms with E-state index in [1.54, 1.807) is 24.2 Å². The third-order valence-electron chi connectivity index (χ3n) is 7.48. The van der Waals surface area contributed by atoms with Gasteiger partial charge in [0.05, 0.1) is 12.1 Å². The Morgan fingerprint density at radius 2 is 1.34 bits per heavy atom. The fourth-order valence-corrected chi connectivity index (χ4v) is 5.52. The van der Waals surface area contributed by atoms with Crippen molar-refractivity contribution in [3.05, 3.63) is 72.1 Å². The van der Waals surface area contributed by atoms with Crippen molar-refractivity contribution in [2.75, 3.05) is 12.0 Å². The minimum atomic E-state index is -1.50. The van der Waals surface area contributed by atoms with Crippen LogP contribution in [0.1, 0.15) is 24.5 Å². The summed E-state index contributed by atoms with van der Waals surface area (Å²) in [5, 5.41) is 29.7. The molecule has 234 valence electrons. The standard InChI is InChI=1S/C31H38N6O6S/c1-17(38)27(30(41)36-26(31(42)43)14-19-16-34-24-10-6-4-8-21(19)24)37-29(40)25(35-28(39)22(32)11-12-44-2)13-18-15-33-23-9-5-3-7-20(18)23/h3-10,15-17,22,25-27,33-34,38H,11-14,32H2,1-2H3,(H,35,39)(H,36,41)(H,37,40)(H,42,43). The number of aliphatic carboxylic acids is 1. The summed E-state index contributed by atoms with van der Waals surface area (Å²) >= 11 is 1.54. The van der Waals surface area contributed by atoms with Gasteiger partial charge in [0.25, 0.3) is 0 Å². The molecule has 0 radical (unpaired) electrons. The van der Waals surface area contributed by atoms with Crippen molar-refractivity contribution in [1.82, 2.24) is 25.9 Å². The molecule has 5 unspecified atom stereocenters. The number of amides is 3. The van der Waals surface area contributed by atoms with E-state index in [9.17, 15) is 29.4 Å². The first kappa shape index (κ1) is 32.6. The Labute approximate surface area is 258 Å². The number of carboxylic acids is 1. The average molecular weight is 623 g/mol. The molecule has 2 aromatic carbocycles. The van der Waals surface area contributed by atoms with Crippen molar-refractivity contribution < 1.29 is 29.4 Å². The monoisotopic (exact) mass is 622 g/mol. The van der Waals surface area contributed by atoms with E-state index in [4.69, 9.17) is 5.73 Å². The summed E-state index contributed by atoms with van der Waals surface area (Å²) in [6.45, 7) is 1.31. The fraction of sp³-hybridized carbons (Fsp3) is 0.355. The topological polar surface area (TPSA) is 202 Å². The number of rotatable bonds is 15. The largest absolute Gasteiger partial charge is 0.480 e. The van der Waals surface area contributed by atoms with Crippen LogP contribution in [-0.4, -0.2) is 86.2 Å². The zero-order valence-electron chi connectivity index (χ0n) is 24.5. The Hall–Kier alpha value is -4.33. The summed E-state index contributed by atoms with van der Waals surface area (Å²) < 4.78 is 0. The van der Waals surface area contributed by atoms with Gasteiger partial charge in [0, 0.05) is 47.0 Å². The Balaban J connectivity index is 1.52. The zero-order chi connectivity index (χ0) is 31.8. The van der Waals surface area contributed by atoms with Gasteiger partial charge in [-0.15, -0.1) is 0 Å². The number of nitrogens with two attached hydrogens (primary N) is 1. The molecule has 4 aromatic rings. The number of H-pyrrole nitrogens is 2. The maximum atomic E-state index is 13.6. The first-order valence-corrected chi connectivity index (χ1v) is 15.6. The lowest BCUT2D eigenvalue weighted by atomic mass is 10.0. The molecule has 9 N–H and O–H groups in total. The highest BCUT2D eigenvalue weighted by molar-refractivity contribution is 7.98. The number of thioether (sulfide) groups is 1. The molecule has 0 saturated carbocycles. The lowest BCUT2D eigenvalue weighted by Gasteiger charge is -2.26. The van der Waals surface area contributed by atoms with Gasteiger partial charge in [0.15, 0.2) is 0 Å². The van der Waals surface area contributed by atoms with Gasteiger partial charge in [-0.3, -0.25) is 14.4 Å². The van der Waals surface area contributed by atoms with Crippen molar-refractivity contribution in [3.63, 3.8) is 0 Å². The maximum absolute atomic E-state index is 13.6. The number of aliphatic hydroxyl groups is 1. The average Bonchev–Trinajstić information content (AvgIpc) is 3.61. The second kappa shape index (κ2) is 14.9. The van der Waals surface area contributed by atoms with E-state index < -0.39 is 54.0 Å².